The largest absolute Gasteiger partial charge is 0.370 e. The number of imidazole rings is 1. The molecule has 0 bridgehead atoms. The number of hydrogen-bond acceptors (Lipinski definition) is 13. The summed E-state index contributed by atoms with van der Waals surface area (Å²) in [5.41, 5.74) is 17.6. The maximum atomic E-state index is 14.3. The summed E-state index contributed by atoms with van der Waals surface area (Å²) in [5, 5.41) is 20.2. The number of carbonyl (C=O) groups excluding carboxylic acids is 11. The van der Waals surface area contributed by atoms with E-state index in [1.807, 2.05) is 0 Å². The Hall–Kier alpha value is -7.44. The first-order valence-electron chi connectivity index (χ1n) is 22.8. The molecular formula is C44H64N14O11. The van der Waals surface area contributed by atoms with Crippen LogP contribution < -0.4 is 59.7 Å². The highest BCUT2D eigenvalue weighted by Crippen LogP contribution is 2.20. The molecule has 1 aromatic carbocycles. The molecule has 1 aromatic heterocycles. The van der Waals surface area contributed by atoms with Crippen molar-refractivity contribution in [2.24, 2.45) is 17.2 Å². The number of nitrogens with one attached hydrogen (secondary N) is 9. The van der Waals surface area contributed by atoms with Crippen molar-refractivity contribution in [3.05, 3.63) is 54.1 Å². The second-order valence-corrected chi connectivity index (χ2v) is 17.0. The fraction of sp³-hybridized carbons (Fsp3) is 0.545. The molecule has 11 amide bonds. The highest BCUT2D eigenvalue weighted by atomic mass is 16.2. The highest BCUT2D eigenvalue weighted by molar-refractivity contribution is 5.98. The van der Waals surface area contributed by atoms with Gasteiger partial charge in [0.1, 0.15) is 48.3 Å². The number of unbranched alkanes of at least 4 members (excludes halogenated alkanes) is 1. The molecule has 3 heterocycles. The van der Waals surface area contributed by atoms with Crippen molar-refractivity contribution >= 4 is 65.0 Å². The lowest BCUT2D eigenvalue weighted by atomic mass is 10.0. The van der Waals surface area contributed by atoms with Crippen LogP contribution >= 0.6 is 0 Å². The zero-order valence-corrected chi connectivity index (χ0v) is 38.7. The van der Waals surface area contributed by atoms with E-state index in [4.69, 9.17) is 17.2 Å². The van der Waals surface area contributed by atoms with E-state index in [2.05, 4.69) is 52.5 Å². The second-order valence-electron chi connectivity index (χ2n) is 17.0. The van der Waals surface area contributed by atoms with E-state index in [0.29, 0.717) is 37.1 Å². The van der Waals surface area contributed by atoms with Crippen LogP contribution in [0.1, 0.15) is 82.9 Å². The van der Waals surface area contributed by atoms with Crippen LogP contribution in [-0.4, -0.2) is 148 Å². The van der Waals surface area contributed by atoms with Crippen LogP contribution in [0.3, 0.4) is 0 Å². The Bertz CT molecular complexity index is 2160. The first-order chi connectivity index (χ1) is 32.9. The topological polar surface area (TPSA) is 394 Å². The molecule has 2 saturated heterocycles. The molecule has 0 spiro atoms. The van der Waals surface area contributed by atoms with Crippen LogP contribution in [0.5, 0.6) is 0 Å². The number of aromatic nitrogens is 2. The normalized spacial score (nSPS) is 24.5. The first kappa shape index (κ1) is 54.2. The number of hydrogen-bond donors (Lipinski definition) is 12. The van der Waals surface area contributed by atoms with Crippen LogP contribution in [0.25, 0.3) is 0 Å². The van der Waals surface area contributed by atoms with Crippen LogP contribution in [0.4, 0.5) is 0 Å². The first-order valence-corrected chi connectivity index (χ1v) is 22.8. The summed E-state index contributed by atoms with van der Waals surface area (Å²) >= 11 is 0. The summed E-state index contributed by atoms with van der Waals surface area (Å²) in [6.07, 6.45) is 2.77. The van der Waals surface area contributed by atoms with Gasteiger partial charge in [-0.2, -0.15) is 0 Å². The summed E-state index contributed by atoms with van der Waals surface area (Å²) in [4.78, 5) is 156. The third kappa shape index (κ3) is 17.3. The predicted molar refractivity (Wildman–Crippen MR) is 245 cm³/mol. The highest BCUT2D eigenvalue weighted by Gasteiger charge is 2.40. The van der Waals surface area contributed by atoms with Crippen LogP contribution in [0.2, 0.25) is 0 Å². The minimum absolute atomic E-state index is 0.0849. The van der Waals surface area contributed by atoms with Gasteiger partial charge >= 0.3 is 0 Å². The Kier molecular flexibility index (Phi) is 21.0. The number of nitrogens with zero attached hydrogens (tertiary/aromatic N) is 2. The van der Waals surface area contributed by atoms with Crippen molar-refractivity contribution in [1.29, 1.82) is 0 Å². The van der Waals surface area contributed by atoms with Crippen LogP contribution in [-0.2, 0) is 65.6 Å². The Morgan fingerprint density at radius 3 is 2.09 bits per heavy atom. The van der Waals surface area contributed by atoms with E-state index in [1.54, 1.807) is 30.3 Å². The van der Waals surface area contributed by atoms with Gasteiger partial charge in [-0.1, -0.05) is 30.3 Å². The molecular weight excluding hydrogens is 901 g/mol. The molecule has 69 heavy (non-hydrogen) atoms. The quantitative estimate of drug-likeness (QED) is 0.0795. The molecule has 376 valence electrons. The SMILES string of the molecule is C[C@@H]1NC(=O)CNC(=O)[C@H](Cc2ccccc2)NC(=O)[C@H](CCC(N)=O)NC(=O)[C@@H]2CCCN2C(=O)[C@H](Cc2cnc[nH]2)NC(=O)[C@H](C)NC(=O)CC[C@@H](C(=O)N[C@@H](CCCCN)C(N)=O)NC1=O. The van der Waals surface area contributed by atoms with Crippen LogP contribution in [0, 0.1) is 0 Å². The van der Waals surface area contributed by atoms with Crippen molar-refractivity contribution < 1.29 is 52.7 Å². The lowest BCUT2D eigenvalue weighted by Crippen LogP contribution is -2.59. The number of rotatable bonds is 14. The number of nitrogens with two attached hydrogens (primary N) is 3. The van der Waals surface area contributed by atoms with Gasteiger partial charge in [0.2, 0.25) is 65.0 Å². The van der Waals surface area contributed by atoms with E-state index < -0.39 is 126 Å². The van der Waals surface area contributed by atoms with E-state index in [-0.39, 0.29) is 51.5 Å². The van der Waals surface area contributed by atoms with Crippen molar-refractivity contribution in [2.75, 3.05) is 19.6 Å². The zero-order chi connectivity index (χ0) is 50.6. The van der Waals surface area contributed by atoms with Crippen molar-refractivity contribution in [2.45, 2.75) is 133 Å². The molecule has 0 radical (unpaired) electrons. The van der Waals surface area contributed by atoms with E-state index in [0.717, 1.165) is 0 Å². The van der Waals surface area contributed by atoms with Gasteiger partial charge in [-0.25, -0.2) is 4.98 Å². The number of primary amides is 2. The smallest absolute Gasteiger partial charge is 0.246 e. The van der Waals surface area contributed by atoms with E-state index in [1.165, 1.54) is 31.3 Å². The molecule has 2 aromatic rings. The monoisotopic (exact) mass is 964 g/mol. The Labute approximate surface area is 398 Å². The van der Waals surface area contributed by atoms with Gasteiger partial charge in [0.15, 0.2) is 0 Å². The zero-order valence-electron chi connectivity index (χ0n) is 38.7. The standard InChI is InChI=1S/C44H64N14O11/c1-24-39(64)57-32(20-27-21-48-23-50-27)44(69)58-18-8-12-33(58)43(68)55-29(13-15-34(46)59)42(67)56-31(19-26-9-4-3-5-10-26)40(65)49-22-36(61)52-25(2)38(63)54-30(14-16-35(60)51-24)41(66)53-28(37(47)62)11-6-7-17-45/h3-5,9-10,21,23-25,28-33H,6-8,11-20,22,45H2,1-2H3,(H2,46,59)(H2,47,62)(H,48,50)(H,49,65)(H,51,60)(H,52,61)(H,53,66)(H,54,63)(H,55,68)(H,56,67)(H,57,64)/t24-,25-,28-,29-,30-,31-,32-,33-/m0/s1. The van der Waals surface area contributed by atoms with Gasteiger partial charge in [-0.05, 0) is 70.9 Å². The summed E-state index contributed by atoms with van der Waals surface area (Å²) in [6, 6.07) is -1.93. The molecule has 0 aliphatic carbocycles. The van der Waals surface area contributed by atoms with Crippen LogP contribution in [0.15, 0.2) is 42.9 Å². The number of amides is 11. The van der Waals surface area contributed by atoms with Gasteiger partial charge in [0, 0.05) is 44.1 Å². The number of H-pyrrole nitrogens is 1. The summed E-state index contributed by atoms with van der Waals surface area (Å²) in [6.45, 7) is 2.36. The van der Waals surface area contributed by atoms with Gasteiger partial charge in [-0.3, -0.25) is 52.7 Å². The maximum Gasteiger partial charge on any atom is 0.246 e. The van der Waals surface area contributed by atoms with Gasteiger partial charge in [0.05, 0.1) is 12.9 Å². The van der Waals surface area contributed by atoms with Crippen molar-refractivity contribution in [3.8, 4) is 0 Å². The van der Waals surface area contributed by atoms with Gasteiger partial charge < -0.3 is 69.6 Å². The molecule has 2 fully saturated rings. The number of benzene rings is 1. The second kappa shape index (κ2) is 26.8. The lowest BCUT2D eigenvalue weighted by Gasteiger charge is -2.30. The summed E-state index contributed by atoms with van der Waals surface area (Å²) in [5.74, 6) is -8.97. The Morgan fingerprint density at radius 2 is 1.43 bits per heavy atom. The molecule has 8 atom stereocenters. The minimum atomic E-state index is -1.47. The molecule has 25 heteroatoms. The number of carbonyl (C=O) groups is 11. The summed E-state index contributed by atoms with van der Waals surface area (Å²) < 4.78 is 0. The molecule has 25 nitrogen and oxygen atoms in total. The predicted octanol–water partition coefficient (Wildman–Crippen LogP) is -4.59. The van der Waals surface area contributed by atoms with E-state index >= 15 is 0 Å². The third-order valence-corrected chi connectivity index (χ3v) is 11.5. The fourth-order valence-corrected chi connectivity index (χ4v) is 7.69. The number of fused-ring (bicyclic) bond motifs is 1. The summed E-state index contributed by atoms with van der Waals surface area (Å²) in [7, 11) is 0. The number of aromatic amines is 1. The third-order valence-electron chi connectivity index (χ3n) is 11.5. The molecule has 0 saturated carbocycles. The molecule has 2 aliphatic rings. The molecule has 2 aliphatic heterocycles. The molecule has 15 N–H and O–H groups in total. The van der Waals surface area contributed by atoms with Crippen molar-refractivity contribution in [3.63, 3.8) is 0 Å². The lowest BCUT2D eigenvalue weighted by molar-refractivity contribution is -0.142. The Balaban J connectivity index is 1.68. The van der Waals surface area contributed by atoms with Gasteiger partial charge in [-0.15, -0.1) is 0 Å². The Morgan fingerprint density at radius 1 is 0.768 bits per heavy atom. The fourth-order valence-electron chi connectivity index (χ4n) is 7.69. The minimum Gasteiger partial charge on any atom is -0.370 e. The average molecular weight is 965 g/mol. The van der Waals surface area contributed by atoms with E-state index in [9.17, 15) is 52.7 Å². The maximum absolute atomic E-state index is 14.3. The molecule has 0 unspecified atom stereocenters. The molecule has 4 rings (SSSR count). The average Bonchev–Trinajstić information content (AvgIpc) is 4.03. The van der Waals surface area contributed by atoms with Gasteiger partial charge in [0.25, 0.3) is 0 Å². The van der Waals surface area contributed by atoms with Crippen molar-refractivity contribution in [1.82, 2.24) is 57.4 Å².